The third-order valence-electron chi connectivity index (χ3n) is 3.37. The van der Waals surface area contributed by atoms with Crippen LogP contribution in [0.4, 0.5) is 5.69 Å². The Kier molecular flexibility index (Phi) is 2.56. The van der Waals surface area contributed by atoms with Gasteiger partial charge in [0.15, 0.2) is 0 Å². The van der Waals surface area contributed by atoms with Crippen molar-refractivity contribution in [1.82, 2.24) is 9.78 Å². The Morgan fingerprint density at radius 1 is 1.57 bits per heavy atom. The van der Waals surface area contributed by atoms with Crippen molar-refractivity contribution in [2.75, 3.05) is 5.32 Å². The summed E-state index contributed by atoms with van der Waals surface area (Å²) in [5.41, 5.74) is 1.11. The monoisotopic (exact) mass is 257 g/mol. The zero-order valence-corrected chi connectivity index (χ0v) is 10.4. The summed E-state index contributed by atoms with van der Waals surface area (Å²) in [5, 5.41) is 7.70. The van der Waals surface area contributed by atoms with E-state index in [-0.39, 0.29) is 0 Å². The Hall–Kier alpha value is -0.510. The summed E-state index contributed by atoms with van der Waals surface area (Å²) in [7, 11) is 1.93. The van der Waals surface area contributed by atoms with E-state index in [9.17, 15) is 0 Å². The molecule has 1 fully saturated rings. The molecule has 1 heterocycles. The molecule has 1 aromatic heterocycles. The van der Waals surface area contributed by atoms with E-state index in [0.717, 1.165) is 22.1 Å². The molecule has 0 aliphatic heterocycles. The average Bonchev–Trinajstić information content (AvgIpc) is 2.48. The number of aromatic nitrogens is 2. The van der Waals surface area contributed by atoms with Crippen LogP contribution in [-0.4, -0.2) is 15.8 Å². The lowest BCUT2D eigenvalue weighted by molar-refractivity contribution is 0.189. The summed E-state index contributed by atoms with van der Waals surface area (Å²) in [6, 6.07) is 0.616. The van der Waals surface area contributed by atoms with Crippen LogP contribution in [0.5, 0.6) is 0 Å². The van der Waals surface area contributed by atoms with Crippen LogP contribution in [0.2, 0.25) is 0 Å². The van der Waals surface area contributed by atoms with E-state index in [1.54, 1.807) is 0 Å². The molecule has 1 aromatic rings. The lowest BCUT2D eigenvalue weighted by Crippen LogP contribution is -2.43. The van der Waals surface area contributed by atoms with Gasteiger partial charge in [0.2, 0.25) is 0 Å². The van der Waals surface area contributed by atoms with Crippen molar-refractivity contribution in [3.63, 3.8) is 0 Å². The molecular weight excluding hydrogens is 242 g/mol. The topological polar surface area (TPSA) is 29.9 Å². The molecule has 3 unspecified atom stereocenters. The Morgan fingerprint density at radius 3 is 2.71 bits per heavy atom. The highest BCUT2D eigenvalue weighted by atomic mass is 79.9. The maximum Gasteiger partial charge on any atom is 0.126 e. The maximum atomic E-state index is 4.18. The molecule has 1 saturated carbocycles. The van der Waals surface area contributed by atoms with Gasteiger partial charge in [-0.15, -0.1) is 0 Å². The number of nitrogens with one attached hydrogen (secondary N) is 1. The van der Waals surface area contributed by atoms with Gasteiger partial charge in [-0.25, -0.2) is 0 Å². The molecule has 3 nitrogen and oxygen atoms in total. The number of aryl methyl sites for hydroxylation is 1. The van der Waals surface area contributed by atoms with E-state index < -0.39 is 0 Å². The molecule has 14 heavy (non-hydrogen) atoms. The SMILES string of the molecule is CC1CC(Nc2cnn(C)c2Br)C1C. The second kappa shape index (κ2) is 3.57. The average molecular weight is 258 g/mol. The highest BCUT2D eigenvalue weighted by molar-refractivity contribution is 9.10. The first-order valence-corrected chi connectivity index (χ1v) is 5.83. The van der Waals surface area contributed by atoms with Gasteiger partial charge in [0.1, 0.15) is 4.60 Å². The van der Waals surface area contributed by atoms with Crippen molar-refractivity contribution in [2.45, 2.75) is 26.3 Å². The first-order chi connectivity index (χ1) is 6.59. The Balaban J connectivity index is 2.02. The van der Waals surface area contributed by atoms with Crippen molar-refractivity contribution >= 4 is 21.6 Å². The highest BCUT2D eigenvalue weighted by Gasteiger charge is 2.34. The summed E-state index contributed by atoms with van der Waals surface area (Å²) in [6.45, 7) is 4.61. The molecule has 0 amide bonds. The summed E-state index contributed by atoms with van der Waals surface area (Å²) >= 11 is 3.50. The van der Waals surface area contributed by atoms with Gasteiger partial charge >= 0.3 is 0 Å². The van der Waals surface area contributed by atoms with Crippen molar-refractivity contribution in [1.29, 1.82) is 0 Å². The van der Waals surface area contributed by atoms with E-state index >= 15 is 0 Å². The molecule has 1 N–H and O–H groups in total. The van der Waals surface area contributed by atoms with Crippen molar-refractivity contribution < 1.29 is 0 Å². The minimum Gasteiger partial charge on any atom is -0.379 e. The fraction of sp³-hybridized carbons (Fsp3) is 0.700. The van der Waals surface area contributed by atoms with Crippen LogP contribution in [0.3, 0.4) is 0 Å². The molecule has 0 spiro atoms. The lowest BCUT2D eigenvalue weighted by Gasteiger charge is -2.41. The summed E-state index contributed by atoms with van der Waals surface area (Å²) in [5.74, 6) is 1.62. The minimum atomic E-state index is 0.616. The zero-order chi connectivity index (χ0) is 10.3. The second-order valence-corrected chi connectivity index (χ2v) is 5.05. The van der Waals surface area contributed by atoms with Gasteiger partial charge in [-0.05, 0) is 34.2 Å². The molecule has 0 saturated heterocycles. The Labute approximate surface area is 93.0 Å². The van der Waals surface area contributed by atoms with Crippen LogP contribution < -0.4 is 5.32 Å². The van der Waals surface area contributed by atoms with Crippen LogP contribution >= 0.6 is 15.9 Å². The Bertz CT molecular complexity index is 334. The van der Waals surface area contributed by atoms with Gasteiger partial charge in [0, 0.05) is 13.1 Å². The molecular formula is C10H16BrN3. The van der Waals surface area contributed by atoms with E-state index in [0.29, 0.717) is 6.04 Å². The maximum absolute atomic E-state index is 4.18. The molecule has 0 radical (unpaired) electrons. The molecule has 1 aliphatic carbocycles. The number of hydrogen-bond acceptors (Lipinski definition) is 2. The van der Waals surface area contributed by atoms with Crippen molar-refractivity contribution in [2.24, 2.45) is 18.9 Å². The summed E-state index contributed by atoms with van der Waals surface area (Å²) in [4.78, 5) is 0. The van der Waals surface area contributed by atoms with Gasteiger partial charge in [0.05, 0.1) is 11.9 Å². The number of hydrogen-bond donors (Lipinski definition) is 1. The first kappa shape index (κ1) is 10.0. The van der Waals surface area contributed by atoms with Gasteiger partial charge < -0.3 is 5.32 Å². The van der Waals surface area contributed by atoms with Crippen molar-refractivity contribution in [3.8, 4) is 0 Å². The highest BCUT2D eigenvalue weighted by Crippen LogP contribution is 2.36. The van der Waals surface area contributed by atoms with Gasteiger partial charge in [-0.2, -0.15) is 5.10 Å². The molecule has 1 aliphatic rings. The number of anilines is 1. The van der Waals surface area contributed by atoms with E-state index in [1.807, 2.05) is 17.9 Å². The predicted octanol–water partition coefficient (Wildman–Crippen LogP) is 2.64. The summed E-state index contributed by atoms with van der Waals surface area (Å²) in [6.07, 6.45) is 3.14. The molecule has 4 heteroatoms. The van der Waals surface area contributed by atoms with E-state index in [1.165, 1.54) is 6.42 Å². The quantitative estimate of drug-likeness (QED) is 0.883. The third-order valence-corrected chi connectivity index (χ3v) is 4.31. The molecule has 2 rings (SSSR count). The molecule has 78 valence electrons. The minimum absolute atomic E-state index is 0.616. The number of nitrogens with zero attached hydrogens (tertiary/aromatic N) is 2. The van der Waals surface area contributed by atoms with E-state index in [2.05, 4.69) is 40.2 Å². The zero-order valence-electron chi connectivity index (χ0n) is 8.79. The Morgan fingerprint density at radius 2 is 2.29 bits per heavy atom. The molecule has 0 bridgehead atoms. The van der Waals surface area contributed by atoms with Crippen molar-refractivity contribution in [3.05, 3.63) is 10.8 Å². The largest absolute Gasteiger partial charge is 0.379 e. The van der Waals surface area contributed by atoms with Crippen LogP contribution in [0.25, 0.3) is 0 Å². The van der Waals surface area contributed by atoms with E-state index in [4.69, 9.17) is 0 Å². The second-order valence-electron chi connectivity index (χ2n) is 4.30. The van der Waals surface area contributed by atoms with Crippen LogP contribution in [0.15, 0.2) is 10.8 Å². The molecule has 3 atom stereocenters. The van der Waals surface area contributed by atoms with Crippen LogP contribution in [0, 0.1) is 11.8 Å². The van der Waals surface area contributed by atoms with Gasteiger partial charge in [0.25, 0.3) is 0 Å². The normalized spacial score (nSPS) is 31.3. The van der Waals surface area contributed by atoms with Crippen LogP contribution in [0.1, 0.15) is 20.3 Å². The van der Waals surface area contributed by atoms with Gasteiger partial charge in [-0.1, -0.05) is 13.8 Å². The predicted molar refractivity (Wildman–Crippen MR) is 61.3 cm³/mol. The standard InChI is InChI=1S/C10H16BrN3/c1-6-4-8(7(6)2)13-9-5-12-14(3)10(9)11/h5-8,13H,4H2,1-3H3. The first-order valence-electron chi connectivity index (χ1n) is 5.03. The van der Waals surface area contributed by atoms with Crippen LogP contribution in [-0.2, 0) is 7.05 Å². The number of halogens is 1. The number of rotatable bonds is 2. The fourth-order valence-corrected chi connectivity index (χ4v) is 2.25. The lowest BCUT2D eigenvalue weighted by atomic mass is 9.71. The van der Waals surface area contributed by atoms with Gasteiger partial charge in [-0.3, -0.25) is 4.68 Å². The summed E-state index contributed by atoms with van der Waals surface area (Å²) < 4.78 is 2.86. The third kappa shape index (κ3) is 1.56. The fourth-order valence-electron chi connectivity index (χ4n) is 1.94. The molecule has 0 aromatic carbocycles. The smallest absolute Gasteiger partial charge is 0.126 e.